The first-order valence-electron chi connectivity index (χ1n) is 16.1. The van der Waals surface area contributed by atoms with Crippen molar-refractivity contribution in [3.8, 4) is 16.9 Å². The van der Waals surface area contributed by atoms with E-state index in [4.69, 9.17) is 4.42 Å². The van der Waals surface area contributed by atoms with E-state index in [0.717, 1.165) is 56.4 Å². The first kappa shape index (κ1) is 35.1. The zero-order valence-corrected chi connectivity index (χ0v) is 31.3. The molecule has 0 saturated carbocycles. The number of halogens is 1. The molecule has 0 aliphatic carbocycles. The number of nitrogens with zero attached hydrogens (tertiary/aromatic N) is 2. The van der Waals surface area contributed by atoms with E-state index in [9.17, 15) is 4.39 Å². The predicted molar refractivity (Wildman–Crippen MR) is 190 cm³/mol. The zero-order chi connectivity index (χ0) is 33.5. The van der Waals surface area contributed by atoms with Gasteiger partial charge in [0.1, 0.15) is 5.58 Å². The van der Waals surface area contributed by atoms with Gasteiger partial charge in [-0.25, -0.2) is 0 Å². The minimum atomic E-state index is -0.277. The van der Waals surface area contributed by atoms with Gasteiger partial charge in [0.2, 0.25) is 0 Å². The molecule has 0 aliphatic rings. The number of aryl methyl sites for hydroxylation is 2. The van der Waals surface area contributed by atoms with Gasteiger partial charge in [-0.15, -0.1) is 42.0 Å². The average molecular weight is 813 g/mol. The molecule has 3 heterocycles. The molecule has 5 heteroatoms. The third kappa shape index (κ3) is 7.75. The van der Waals surface area contributed by atoms with Gasteiger partial charge >= 0.3 is 20.1 Å². The summed E-state index contributed by atoms with van der Waals surface area (Å²) in [7, 11) is 0. The van der Waals surface area contributed by atoms with Crippen LogP contribution in [0.25, 0.3) is 49.8 Å². The summed E-state index contributed by atoms with van der Waals surface area (Å²) in [5.74, 6) is -0.277. The second-order valence-electron chi connectivity index (χ2n) is 14.7. The summed E-state index contributed by atoms with van der Waals surface area (Å²) in [6, 6.07) is 34.3. The molecule has 0 saturated heterocycles. The Hall–Kier alpha value is -4.18. The van der Waals surface area contributed by atoms with Crippen molar-refractivity contribution in [1.82, 2.24) is 4.98 Å². The molecular formula is C43H41FIrN2O+. The number of rotatable bonds is 3. The average Bonchev–Trinajstić information content (AvgIpc) is 3.39. The molecule has 48 heavy (non-hydrogen) atoms. The smallest absolute Gasteiger partial charge is 0.448 e. The van der Waals surface area contributed by atoms with Crippen LogP contribution in [-0.2, 0) is 31.9 Å². The van der Waals surface area contributed by atoms with Gasteiger partial charge in [0.05, 0.1) is 0 Å². The molecule has 0 aliphatic heterocycles. The Morgan fingerprint density at radius 3 is 2.29 bits per heavy atom. The van der Waals surface area contributed by atoms with Crippen molar-refractivity contribution in [2.24, 2.45) is 5.41 Å². The molecule has 244 valence electrons. The van der Waals surface area contributed by atoms with Gasteiger partial charge < -0.3 is 9.40 Å². The fourth-order valence-corrected chi connectivity index (χ4v) is 6.02. The molecule has 0 unspecified atom stereocenters. The molecule has 7 rings (SSSR count). The van der Waals surface area contributed by atoms with Crippen LogP contribution in [0.2, 0.25) is 0 Å². The minimum absolute atomic E-state index is 0. The number of pyridine rings is 2. The maximum absolute atomic E-state index is 12.8. The first-order valence-corrected chi connectivity index (χ1v) is 16.1. The van der Waals surface area contributed by atoms with Crippen molar-refractivity contribution < 1.29 is 33.5 Å². The summed E-state index contributed by atoms with van der Waals surface area (Å²) in [6.45, 7) is 17.5. The largest absolute Gasteiger partial charge is 3.00 e. The number of aromatic nitrogens is 2. The molecule has 0 radical (unpaired) electrons. The number of furan rings is 1. The summed E-state index contributed by atoms with van der Waals surface area (Å²) in [5.41, 5.74) is 9.56. The molecule has 0 bridgehead atoms. The molecule has 0 spiro atoms. The summed E-state index contributed by atoms with van der Waals surface area (Å²) < 4.78 is 21.3. The zero-order valence-electron chi connectivity index (χ0n) is 28.9. The van der Waals surface area contributed by atoms with Gasteiger partial charge in [-0.05, 0) is 45.5 Å². The van der Waals surface area contributed by atoms with E-state index in [2.05, 4.69) is 127 Å². The number of hydrogen-bond donors (Lipinski definition) is 0. The second kappa shape index (κ2) is 13.7. The Morgan fingerprint density at radius 1 is 0.833 bits per heavy atom. The SMILES string of the molecule is CC(C)(C)c1ccnc(-c2[c-]cc(F)cc2)c1.Cc1[c-]c(-[n+]2[c-]ccc3c4ccc5cc(CC(C)(C)C)ccc5c4oc32)cc(C)c1.[Ir+3]. The fourth-order valence-electron chi connectivity index (χ4n) is 6.02. The Morgan fingerprint density at radius 2 is 1.60 bits per heavy atom. The van der Waals surface area contributed by atoms with E-state index in [1.165, 1.54) is 34.2 Å². The summed E-state index contributed by atoms with van der Waals surface area (Å²) >= 11 is 0. The van der Waals surface area contributed by atoms with Gasteiger partial charge in [-0.1, -0.05) is 97.9 Å². The normalized spacial score (nSPS) is 11.8. The Balaban J connectivity index is 0.000000214. The van der Waals surface area contributed by atoms with Crippen LogP contribution >= 0.6 is 0 Å². The van der Waals surface area contributed by atoms with Gasteiger partial charge in [-0.3, -0.25) is 8.96 Å². The van der Waals surface area contributed by atoms with Crippen LogP contribution in [0.15, 0.2) is 95.5 Å². The third-order valence-corrected chi connectivity index (χ3v) is 8.20. The Kier molecular flexibility index (Phi) is 10.1. The first-order chi connectivity index (χ1) is 22.2. The molecule has 3 nitrogen and oxygen atoms in total. The predicted octanol–water partition coefficient (Wildman–Crippen LogP) is 10.8. The summed E-state index contributed by atoms with van der Waals surface area (Å²) in [5, 5.41) is 4.60. The van der Waals surface area contributed by atoms with Crippen molar-refractivity contribution in [2.75, 3.05) is 0 Å². The van der Waals surface area contributed by atoms with E-state index in [1.807, 2.05) is 22.8 Å². The van der Waals surface area contributed by atoms with Crippen molar-refractivity contribution in [3.05, 3.63) is 138 Å². The van der Waals surface area contributed by atoms with Crippen LogP contribution in [-0.4, -0.2) is 4.98 Å². The van der Waals surface area contributed by atoms with Crippen LogP contribution in [0.4, 0.5) is 4.39 Å². The van der Waals surface area contributed by atoms with E-state index in [-0.39, 0.29) is 36.8 Å². The number of fused-ring (bicyclic) bond motifs is 5. The van der Waals surface area contributed by atoms with Gasteiger partial charge in [-0.2, -0.15) is 23.3 Å². The maximum atomic E-state index is 12.8. The van der Waals surface area contributed by atoms with Gasteiger partial charge in [0.15, 0.2) is 6.20 Å². The van der Waals surface area contributed by atoms with Gasteiger partial charge in [0, 0.05) is 33.9 Å². The van der Waals surface area contributed by atoms with Crippen LogP contribution in [0, 0.1) is 43.4 Å². The van der Waals surface area contributed by atoms with Crippen molar-refractivity contribution in [2.45, 2.75) is 67.2 Å². The number of hydrogen-bond acceptors (Lipinski definition) is 2. The molecule has 3 aromatic heterocycles. The van der Waals surface area contributed by atoms with Gasteiger partial charge in [0.25, 0.3) is 5.71 Å². The standard InChI is InChI=1S/C28H26NO.C15H15FN.Ir/c1-18-13-19(2)15-22(14-18)29-12-6-7-25-24-11-9-21-16-20(17-28(3,4)5)8-10-23(21)26(24)30-27(25)29;1-15(2,3)12-8-9-17-14(10-12)11-4-6-13(16)7-5-11;/h6-11,13-14,16H,17H2,1-5H3;4,6-10H,1-3H3;/q2*-1;+3. The molecular weight excluding hydrogens is 772 g/mol. The Bertz CT molecular complexity index is 2200. The van der Waals surface area contributed by atoms with E-state index in [0.29, 0.717) is 0 Å². The van der Waals surface area contributed by atoms with Crippen molar-refractivity contribution in [3.63, 3.8) is 0 Å². The van der Waals surface area contributed by atoms with E-state index >= 15 is 0 Å². The molecule has 0 atom stereocenters. The Labute approximate surface area is 297 Å². The van der Waals surface area contributed by atoms with Crippen LogP contribution in [0.1, 0.15) is 63.8 Å². The van der Waals surface area contributed by atoms with E-state index < -0.39 is 0 Å². The molecule has 4 aromatic carbocycles. The van der Waals surface area contributed by atoms with Crippen LogP contribution in [0.3, 0.4) is 0 Å². The van der Waals surface area contributed by atoms with Crippen molar-refractivity contribution >= 4 is 32.8 Å². The molecule has 0 N–H and O–H groups in total. The van der Waals surface area contributed by atoms with Crippen LogP contribution in [0.5, 0.6) is 0 Å². The third-order valence-electron chi connectivity index (χ3n) is 8.20. The fraction of sp³-hybridized carbons (Fsp3) is 0.256. The minimum Gasteiger partial charge on any atom is -0.448 e. The summed E-state index contributed by atoms with van der Waals surface area (Å²) in [6.07, 6.45) is 6.16. The second-order valence-corrected chi connectivity index (χ2v) is 14.7. The molecule has 0 amide bonds. The maximum Gasteiger partial charge on any atom is 3.00 e. The summed E-state index contributed by atoms with van der Waals surface area (Å²) in [4.78, 5) is 4.30. The monoisotopic (exact) mass is 813 g/mol. The molecule has 0 fully saturated rings. The van der Waals surface area contributed by atoms with E-state index in [1.54, 1.807) is 12.3 Å². The van der Waals surface area contributed by atoms with Crippen LogP contribution < -0.4 is 4.57 Å². The quantitative estimate of drug-likeness (QED) is 0.131. The molecule has 7 aromatic rings. The number of benzene rings is 4. The topological polar surface area (TPSA) is 29.9 Å². The van der Waals surface area contributed by atoms with Crippen molar-refractivity contribution in [1.29, 1.82) is 0 Å².